The van der Waals surface area contributed by atoms with Gasteiger partial charge in [0.05, 0.1) is 12.2 Å². The summed E-state index contributed by atoms with van der Waals surface area (Å²) in [4.78, 5) is 0. The molecule has 1 aliphatic heterocycles. The van der Waals surface area contributed by atoms with Gasteiger partial charge in [-0.15, -0.1) is 0 Å². The second-order valence-corrected chi connectivity index (χ2v) is 5.51. The van der Waals surface area contributed by atoms with Crippen LogP contribution in [0, 0.1) is 0 Å². The molecular weight excluding hydrogens is 250 g/mol. The number of hydrogen-bond acceptors (Lipinski definition) is 3. The van der Waals surface area contributed by atoms with Crippen molar-refractivity contribution in [1.29, 1.82) is 0 Å². The molecule has 1 aromatic carbocycles. The number of aliphatic hydroxyl groups excluding tert-OH is 1. The van der Waals surface area contributed by atoms with Crippen molar-refractivity contribution in [2.75, 3.05) is 13.2 Å². The molecule has 0 aromatic heterocycles. The topological polar surface area (TPSA) is 41.5 Å². The molecular formula is C14H20ClNO2. The van der Waals surface area contributed by atoms with Crippen LogP contribution < -0.4 is 5.32 Å². The third-order valence-electron chi connectivity index (χ3n) is 3.85. The lowest BCUT2D eigenvalue weighted by Gasteiger charge is -2.30. The summed E-state index contributed by atoms with van der Waals surface area (Å²) in [5.41, 5.74) is 0.698. The van der Waals surface area contributed by atoms with Crippen LogP contribution in [-0.4, -0.2) is 29.9 Å². The molecule has 1 aromatic rings. The van der Waals surface area contributed by atoms with Crippen molar-refractivity contribution in [2.45, 2.75) is 38.0 Å². The van der Waals surface area contributed by atoms with Crippen molar-refractivity contribution in [1.82, 2.24) is 5.32 Å². The number of rotatable bonds is 4. The molecule has 100 valence electrons. The summed E-state index contributed by atoms with van der Waals surface area (Å²) in [6.07, 6.45) is 0.530. The van der Waals surface area contributed by atoms with Gasteiger partial charge in [-0.1, -0.05) is 29.8 Å². The molecule has 2 N–H and O–H groups in total. The van der Waals surface area contributed by atoms with E-state index in [0.29, 0.717) is 11.6 Å². The van der Waals surface area contributed by atoms with Crippen LogP contribution in [0.15, 0.2) is 24.3 Å². The Hall–Kier alpha value is -0.610. The number of β-amino-alcohol motifs (C(OH)–C–C–N with tert-alkyl or cyclic N) is 1. The zero-order chi connectivity index (χ0) is 13.2. The SMILES string of the molecule is CC1OCCC1(C)NCC(O)c1ccccc1Cl. The fourth-order valence-corrected chi connectivity index (χ4v) is 2.51. The summed E-state index contributed by atoms with van der Waals surface area (Å²) in [6.45, 7) is 5.44. The van der Waals surface area contributed by atoms with Crippen molar-refractivity contribution in [2.24, 2.45) is 0 Å². The number of halogens is 1. The van der Waals surface area contributed by atoms with Crippen molar-refractivity contribution in [3.63, 3.8) is 0 Å². The van der Waals surface area contributed by atoms with Crippen LogP contribution in [0.2, 0.25) is 5.02 Å². The van der Waals surface area contributed by atoms with Gasteiger partial charge in [-0.05, 0) is 26.3 Å². The van der Waals surface area contributed by atoms with Crippen molar-refractivity contribution >= 4 is 11.6 Å². The summed E-state index contributed by atoms with van der Waals surface area (Å²) in [5.74, 6) is 0. The summed E-state index contributed by atoms with van der Waals surface area (Å²) in [6, 6.07) is 7.39. The fourth-order valence-electron chi connectivity index (χ4n) is 2.25. The molecule has 0 bridgehead atoms. The second kappa shape index (κ2) is 5.57. The van der Waals surface area contributed by atoms with Crippen LogP contribution >= 0.6 is 11.6 Å². The van der Waals surface area contributed by atoms with E-state index in [4.69, 9.17) is 16.3 Å². The summed E-state index contributed by atoms with van der Waals surface area (Å²) in [5, 5.41) is 14.2. The Morgan fingerprint density at radius 2 is 2.28 bits per heavy atom. The van der Waals surface area contributed by atoms with Gasteiger partial charge in [0, 0.05) is 29.3 Å². The van der Waals surface area contributed by atoms with E-state index in [9.17, 15) is 5.11 Å². The largest absolute Gasteiger partial charge is 0.387 e. The number of benzene rings is 1. The molecule has 3 atom stereocenters. The van der Waals surface area contributed by atoms with E-state index in [1.807, 2.05) is 18.2 Å². The maximum atomic E-state index is 10.2. The molecule has 1 saturated heterocycles. The van der Waals surface area contributed by atoms with Gasteiger partial charge < -0.3 is 15.2 Å². The third-order valence-corrected chi connectivity index (χ3v) is 4.19. The first-order valence-corrected chi connectivity index (χ1v) is 6.70. The van der Waals surface area contributed by atoms with Gasteiger partial charge in [0.2, 0.25) is 0 Å². The first kappa shape index (κ1) is 13.8. The first-order chi connectivity index (χ1) is 8.53. The Labute approximate surface area is 113 Å². The highest BCUT2D eigenvalue weighted by Gasteiger charge is 2.36. The average Bonchev–Trinajstić information content (AvgIpc) is 2.68. The molecule has 1 heterocycles. The zero-order valence-electron chi connectivity index (χ0n) is 10.8. The third kappa shape index (κ3) is 2.86. The van der Waals surface area contributed by atoms with E-state index in [0.717, 1.165) is 18.6 Å². The minimum absolute atomic E-state index is 0.0672. The molecule has 0 saturated carbocycles. The van der Waals surface area contributed by atoms with Gasteiger partial charge >= 0.3 is 0 Å². The Bertz CT molecular complexity index is 413. The van der Waals surface area contributed by atoms with Gasteiger partial charge in [0.1, 0.15) is 0 Å². The summed E-state index contributed by atoms with van der Waals surface area (Å²) in [7, 11) is 0. The molecule has 3 nitrogen and oxygen atoms in total. The number of nitrogens with one attached hydrogen (secondary N) is 1. The van der Waals surface area contributed by atoms with E-state index in [-0.39, 0.29) is 11.6 Å². The van der Waals surface area contributed by atoms with Gasteiger partial charge in [-0.2, -0.15) is 0 Å². The Morgan fingerprint density at radius 3 is 2.89 bits per heavy atom. The molecule has 18 heavy (non-hydrogen) atoms. The smallest absolute Gasteiger partial charge is 0.0928 e. The van der Waals surface area contributed by atoms with E-state index in [1.54, 1.807) is 6.07 Å². The van der Waals surface area contributed by atoms with Crippen molar-refractivity contribution in [3.8, 4) is 0 Å². The molecule has 1 fully saturated rings. The van der Waals surface area contributed by atoms with E-state index < -0.39 is 6.10 Å². The molecule has 2 rings (SSSR count). The minimum Gasteiger partial charge on any atom is -0.387 e. The van der Waals surface area contributed by atoms with Gasteiger partial charge in [0.25, 0.3) is 0 Å². The predicted molar refractivity (Wildman–Crippen MR) is 72.9 cm³/mol. The maximum Gasteiger partial charge on any atom is 0.0928 e. The number of hydrogen-bond donors (Lipinski definition) is 2. The van der Waals surface area contributed by atoms with Crippen LogP contribution in [0.25, 0.3) is 0 Å². The highest BCUT2D eigenvalue weighted by atomic mass is 35.5. The monoisotopic (exact) mass is 269 g/mol. The Morgan fingerprint density at radius 1 is 1.56 bits per heavy atom. The van der Waals surface area contributed by atoms with Crippen LogP contribution in [0.4, 0.5) is 0 Å². The predicted octanol–water partition coefficient (Wildman–Crippen LogP) is 2.53. The average molecular weight is 270 g/mol. The highest BCUT2D eigenvalue weighted by molar-refractivity contribution is 6.31. The van der Waals surface area contributed by atoms with E-state index >= 15 is 0 Å². The molecule has 4 heteroatoms. The first-order valence-electron chi connectivity index (χ1n) is 6.32. The van der Waals surface area contributed by atoms with Crippen molar-refractivity contribution in [3.05, 3.63) is 34.9 Å². The Kier molecular flexibility index (Phi) is 4.28. The van der Waals surface area contributed by atoms with Gasteiger partial charge in [-0.3, -0.25) is 0 Å². The minimum atomic E-state index is -0.594. The van der Waals surface area contributed by atoms with Crippen molar-refractivity contribution < 1.29 is 9.84 Å². The lowest BCUT2D eigenvalue weighted by molar-refractivity contribution is 0.0800. The lowest BCUT2D eigenvalue weighted by atomic mass is 9.94. The quantitative estimate of drug-likeness (QED) is 0.883. The standard InChI is InChI=1S/C14H20ClNO2/c1-10-14(2,7-8-18-10)16-9-13(17)11-5-3-4-6-12(11)15/h3-6,10,13,16-17H,7-9H2,1-2H3. The molecule has 0 amide bonds. The van der Waals surface area contributed by atoms with Gasteiger partial charge in [0.15, 0.2) is 0 Å². The molecule has 0 radical (unpaired) electrons. The van der Waals surface area contributed by atoms with E-state index in [2.05, 4.69) is 19.2 Å². The summed E-state index contributed by atoms with van der Waals surface area (Å²) >= 11 is 6.07. The van der Waals surface area contributed by atoms with E-state index in [1.165, 1.54) is 0 Å². The fraction of sp³-hybridized carbons (Fsp3) is 0.571. The highest BCUT2D eigenvalue weighted by Crippen LogP contribution is 2.27. The van der Waals surface area contributed by atoms with Crippen LogP contribution in [0.1, 0.15) is 31.9 Å². The molecule has 0 spiro atoms. The maximum absolute atomic E-state index is 10.2. The van der Waals surface area contributed by atoms with Crippen LogP contribution in [0.5, 0.6) is 0 Å². The molecule has 0 aliphatic carbocycles. The normalized spacial score (nSPS) is 29.4. The van der Waals surface area contributed by atoms with Crippen LogP contribution in [-0.2, 0) is 4.74 Å². The number of ether oxygens (including phenoxy) is 1. The number of aliphatic hydroxyl groups is 1. The second-order valence-electron chi connectivity index (χ2n) is 5.10. The van der Waals surface area contributed by atoms with Crippen LogP contribution in [0.3, 0.4) is 0 Å². The summed E-state index contributed by atoms with van der Waals surface area (Å²) < 4.78 is 5.56. The van der Waals surface area contributed by atoms with Gasteiger partial charge in [-0.25, -0.2) is 0 Å². The molecule has 1 aliphatic rings. The molecule has 3 unspecified atom stereocenters. The lowest BCUT2D eigenvalue weighted by Crippen LogP contribution is -2.49. The zero-order valence-corrected chi connectivity index (χ0v) is 11.6. The Balaban J connectivity index is 1.96.